The number of ketones is 2. The van der Waals surface area contributed by atoms with E-state index in [-0.39, 0.29) is 29.5 Å². The molecule has 0 spiro atoms. The van der Waals surface area contributed by atoms with Gasteiger partial charge >= 0.3 is 0 Å². The van der Waals surface area contributed by atoms with E-state index in [2.05, 4.69) is 16.8 Å². The number of carbonyl (C=O) groups is 3. The number of aliphatic hydroxyl groups is 3. The van der Waals surface area contributed by atoms with Gasteiger partial charge in [0.15, 0.2) is 11.4 Å². The summed E-state index contributed by atoms with van der Waals surface area (Å²) in [6.07, 6.45) is 3.36. The number of Topliss-reactive ketones (excluding diaryl/α,β-unsaturated/α-hetero) is 2. The zero-order valence-electron chi connectivity index (χ0n) is 23.0. The number of phenolic OH excluding ortho intramolecular Hbond substituents is 1. The van der Waals surface area contributed by atoms with Crippen molar-refractivity contribution in [1.29, 1.82) is 0 Å². The zero-order chi connectivity index (χ0) is 30.0. The van der Waals surface area contributed by atoms with Crippen molar-refractivity contribution in [3.05, 3.63) is 75.5 Å². The molecular formula is C30H30N4O7. The van der Waals surface area contributed by atoms with Gasteiger partial charge in [0.25, 0.3) is 5.91 Å². The number of fused-ring (bicyclic) bond motifs is 3. The first kappa shape index (κ1) is 27.9. The molecule has 212 valence electrons. The Morgan fingerprint density at radius 2 is 1.85 bits per heavy atom. The van der Waals surface area contributed by atoms with Crippen LogP contribution in [0.25, 0.3) is 0 Å². The Kier molecular flexibility index (Phi) is 6.64. The summed E-state index contributed by atoms with van der Waals surface area (Å²) in [5.41, 5.74) is 3.45. The molecule has 41 heavy (non-hydrogen) atoms. The molecule has 0 radical (unpaired) electrons. The molecule has 1 aromatic heterocycles. The fourth-order valence-corrected chi connectivity index (χ4v) is 6.37. The summed E-state index contributed by atoms with van der Waals surface area (Å²) < 4.78 is 0. The van der Waals surface area contributed by atoms with E-state index in [0.717, 1.165) is 0 Å². The smallest absolute Gasteiger partial charge is 0.255 e. The van der Waals surface area contributed by atoms with Gasteiger partial charge < -0.3 is 31.1 Å². The number of nitrogens with two attached hydrogens (primary N) is 1. The van der Waals surface area contributed by atoms with Crippen LogP contribution in [0.1, 0.15) is 33.5 Å². The molecule has 0 aliphatic heterocycles. The lowest BCUT2D eigenvalue weighted by Gasteiger charge is -2.50. The molecule has 11 nitrogen and oxygen atoms in total. The van der Waals surface area contributed by atoms with Crippen LogP contribution in [0.5, 0.6) is 5.75 Å². The highest BCUT2D eigenvalue weighted by Gasteiger charge is 2.63. The molecule has 3 aliphatic carbocycles. The summed E-state index contributed by atoms with van der Waals surface area (Å²) in [5.74, 6) is -1.16. The van der Waals surface area contributed by atoms with Crippen molar-refractivity contribution >= 4 is 23.2 Å². The molecule has 0 saturated heterocycles. The maximum absolute atomic E-state index is 14.1. The predicted molar refractivity (Wildman–Crippen MR) is 148 cm³/mol. The van der Waals surface area contributed by atoms with Crippen molar-refractivity contribution in [1.82, 2.24) is 9.88 Å². The summed E-state index contributed by atoms with van der Waals surface area (Å²) in [4.78, 5) is 47.0. The first-order valence-corrected chi connectivity index (χ1v) is 12.9. The van der Waals surface area contributed by atoms with Gasteiger partial charge in [0.05, 0.1) is 17.2 Å². The van der Waals surface area contributed by atoms with Crippen molar-refractivity contribution in [3.63, 3.8) is 0 Å². The van der Waals surface area contributed by atoms with Crippen LogP contribution in [-0.2, 0) is 16.0 Å². The number of pyridine rings is 1. The van der Waals surface area contributed by atoms with E-state index in [0.29, 0.717) is 16.8 Å². The summed E-state index contributed by atoms with van der Waals surface area (Å²) >= 11 is 0. The van der Waals surface area contributed by atoms with Crippen LogP contribution in [0.2, 0.25) is 0 Å². The topological polar surface area (TPSA) is 178 Å². The number of aliphatic hydroxyl groups excluding tert-OH is 2. The van der Waals surface area contributed by atoms with Gasteiger partial charge in [-0.05, 0) is 56.6 Å². The number of aromatic hydroxyl groups is 1. The number of phenols is 1. The molecule has 1 heterocycles. The van der Waals surface area contributed by atoms with E-state index < -0.39 is 63.8 Å². The second kappa shape index (κ2) is 9.76. The summed E-state index contributed by atoms with van der Waals surface area (Å²) in [6, 6.07) is 4.09. The number of hydrogen-bond acceptors (Lipinski definition) is 10. The molecule has 3 aliphatic rings. The first-order valence-electron chi connectivity index (χ1n) is 12.9. The number of anilines is 1. The second-order valence-electron chi connectivity index (χ2n) is 11.0. The van der Waals surface area contributed by atoms with Crippen LogP contribution in [0.4, 0.5) is 5.69 Å². The first-order chi connectivity index (χ1) is 19.3. The Labute approximate surface area is 236 Å². The van der Waals surface area contributed by atoms with Crippen molar-refractivity contribution in [2.45, 2.75) is 24.5 Å². The second-order valence-corrected chi connectivity index (χ2v) is 11.0. The lowest BCUT2D eigenvalue weighted by Crippen LogP contribution is -2.63. The molecule has 2 aromatic rings. The largest absolute Gasteiger partial charge is 0.510 e. The van der Waals surface area contributed by atoms with E-state index >= 15 is 0 Å². The minimum atomic E-state index is -2.69. The van der Waals surface area contributed by atoms with Gasteiger partial charge in [0, 0.05) is 49.2 Å². The molecular weight excluding hydrogens is 528 g/mol. The number of benzene rings is 1. The fraction of sp³-hybridized carbons (Fsp3) is 0.333. The van der Waals surface area contributed by atoms with E-state index in [1.54, 1.807) is 63.7 Å². The monoisotopic (exact) mass is 558 g/mol. The summed E-state index contributed by atoms with van der Waals surface area (Å²) in [7, 11) is 6.75. The lowest BCUT2D eigenvalue weighted by atomic mass is 9.58. The van der Waals surface area contributed by atoms with Crippen LogP contribution in [0.3, 0.4) is 0 Å². The third-order valence-corrected chi connectivity index (χ3v) is 8.18. The van der Waals surface area contributed by atoms with Gasteiger partial charge in [-0.15, -0.1) is 0 Å². The van der Waals surface area contributed by atoms with E-state index in [1.807, 2.05) is 0 Å². The van der Waals surface area contributed by atoms with Crippen molar-refractivity contribution in [3.8, 4) is 17.6 Å². The number of likely N-dealkylation sites (N-methyl/N-ethyl adjacent to an activating group) is 1. The Hall–Kier alpha value is -4.66. The van der Waals surface area contributed by atoms with Crippen molar-refractivity contribution in [2.75, 3.05) is 33.1 Å². The minimum absolute atomic E-state index is 0.0158. The highest BCUT2D eigenvalue weighted by Crippen LogP contribution is 2.53. The maximum atomic E-state index is 14.1. The third kappa shape index (κ3) is 4.06. The highest BCUT2D eigenvalue weighted by molar-refractivity contribution is 6.25. The molecule has 5 rings (SSSR count). The number of carbonyl (C=O) groups excluding carboxylic acids is 3. The standard InChI is InChI=1S/C30H30N4O7/c1-33(2)19-12-15(8-7-14-6-5-9-32-13-14)24(35)21-17(19)10-16-11-18-23(34(3)4)26(37)22(29(31)40)28(39)30(18,41)27(38)20(16)25(21)36/h5-6,9,12-13,16,18,23,35,37-38,41H,10-11H2,1-4H3,(H2,31,40). The van der Waals surface area contributed by atoms with Crippen LogP contribution in [0, 0.1) is 23.7 Å². The number of hydrogen-bond donors (Lipinski definition) is 5. The number of primary amides is 1. The van der Waals surface area contributed by atoms with Gasteiger partial charge in [0.2, 0.25) is 5.78 Å². The quantitative estimate of drug-likeness (QED) is 0.269. The van der Waals surface area contributed by atoms with E-state index in [4.69, 9.17) is 5.73 Å². The molecule has 4 atom stereocenters. The Morgan fingerprint density at radius 1 is 1.15 bits per heavy atom. The normalized spacial score (nSPS) is 25.3. The molecule has 4 unspecified atom stereocenters. The van der Waals surface area contributed by atoms with Crippen molar-refractivity contribution < 1.29 is 34.8 Å². The SMILES string of the molecule is CN(C)c1cc(C#Cc2cccnc2)c(O)c2c1CC1CC3C(N(C)C)C(O)=C(C(N)=O)C(=O)C3(O)C(O)=C1C2=O. The fourth-order valence-electron chi connectivity index (χ4n) is 6.37. The Bertz CT molecular complexity index is 1630. The molecule has 0 saturated carbocycles. The van der Waals surface area contributed by atoms with Crippen LogP contribution in [-0.4, -0.2) is 87.6 Å². The van der Waals surface area contributed by atoms with Gasteiger partial charge in [-0.25, -0.2) is 0 Å². The van der Waals surface area contributed by atoms with E-state index in [1.165, 1.54) is 4.90 Å². The van der Waals surface area contributed by atoms with Gasteiger partial charge in [0.1, 0.15) is 22.8 Å². The third-order valence-electron chi connectivity index (χ3n) is 8.18. The average molecular weight is 559 g/mol. The van der Waals surface area contributed by atoms with Gasteiger partial charge in [-0.1, -0.05) is 11.8 Å². The zero-order valence-corrected chi connectivity index (χ0v) is 23.0. The Balaban J connectivity index is 1.72. The number of aromatic nitrogens is 1. The minimum Gasteiger partial charge on any atom is -0.510 e. The van der Waals surface area contributed by atoms with Crippen LogP contribution < -0.4 is 10.6 Å². The number of rotatable bonds is 3. The van der Waals surface area contributed by atoms with Gasteiger partial charge in [-0.2, -0.15) is 0 Å². The lowest BCUT2D eigenvalue weighted by molar-refractivity contribution is -0.148. The Morgan fingerprint density at radius 3 is 2.44 bits per heavy atom. The average Bonchev–Trinajstić information content (AvgIpc) is 2.90. The molecule has 11 heteroatoms. The maximum Gasteiger partial charge on any atom is 0.255 e. The molecule has 0 fully saturated rings. The molecule has 0 bridgehead atoms. The van der Waals surface area contributed by atoms with Crippen molar-refractivity contribution in [2.24, 2.45) is 17.6 Å². The predicted octanol–water partition coefficient (Wildman–Crippen LogP) is 0.981. The van der Waals surface area contributed by atoms with Crippen LogP contribution >= 0.6 is 0 Å². The molecule has 6 N–H and O–H groups in total. The van der Waals surface area contributed by atoms with Gasteiger partial charge in [-0.3, -0.25) is 24.3 Å². The molecule has 1 amide bonds. The van der Waals surface area contributed by atoms with E-state index in [9.17, 15) is 34.8 Å². The summed E-state index contributed by atoms with van der Waals surface area (Å²) in [6.45, 7) is 0. The summed E-state index contributed by atoms with van der Waals surface area (Å²) in [5, 5.41) is 45.4. The number of allylic oxidation sites excluding steroid dienone is 1. The number of nitrogens with zero attached hydrogens (tertiary/aromatic N) is 3. The number of amides is 1. The van der Waals surface area contributed by atoms with Crippen LogP contribution in [0.15, 0.2) is 53.3 Å². The highest BCUT2D eigenvalue weighted by atomic mass is 16.3. The molecule has 1 aromatic carbocycles.